The van der Waals surface area contributed by atoms with Gasteiger partial charge in [-0.05, 0) is 12.1 Å². The molecule has 0 radical (unpaired) electrons. The second-order valence-corrected chi connectivity index (χ2v) is 9.44. The number of nitrogens with one attached hydrogen (secondary N) is 2. The van der Waals surface area contributed by atoms with Crippen LogP contribution in [0.4, 0.5) is 5.82 Å². The fourth-order valence-corrected chi connectivity index (χ4v) is 4.24. The van der Waals surface area contributed by atoms with Crippen molar-refractivity contribution in [2.75, 3.05) is 38.9 Å². The van der Waals surface area contributed by atoms with Gasteiger partial charge in [0.25, 0.3) is 0 Å². The Morgan fingerprint density at radius 3 is 2.23 bits per heavy atom. The van der Waals surface area contributed by atoms with Gasteiger partial charge in [-0.15, -0.1) is 0 Å². The summed E-state index contributed by atoms with van der Waals surface area (Å²) in [5, 5.41) is 5.37. The van der Waals surface area contributed by atoms with Crippen molar-refractivity contribution >= 4 is 61.4 Å². The number of benzene rings is 1. The molecule has 0 fully saturated rings. The van der Waals surface area contributed by atoms with Crippen LogP contribution in [0, 0.1) is 0 Å². The number of methoxy groups -OCH3 is 2. The lowest BCUT2D eigenvalue weighted by molar-refractivity contribution is 0.395. The summed E-state index contributed by atoms with van der Waals surface area (Å²) in [4.78, 5) is 8.79. The Balaban J connectivity index is 2.13. The summed E-state index contributed by atoms with van der Waals surface area (Å²) in [7, 11) is -0.338. The number of nitrogens with zero attached hydrogens (tertiary/aromatic N) is 2. The summed E-state index contributed by atoms with van der Waals surface area (Å²) >= 11 is 19.2. The molecule has 3 aromatic rings. The number of ether oxygens (including phenoxy) is 2. The molecule has 1 aromatic carbocycles. The number of hydrogen-bond acceptors (Lipinski definition) is 7. The first-order valence-electron chi connectivity index (χ1n) is 8.89. The van der Waals surface area contributed by atoms with E-state index >= 15 is 0 Å². The summed E-state index contributed by atoms with van der Waals surface area (Å²) in [6.45, 7) is 0.445. The van der Waals surface area contributed by atoms with Gasteiger partial charge in [-0.25, -0.2) is 23.1 Å². The lowest BCUT2D eigenvalue weighted by Gasteiger charge is -2.16. The van der Waals surface area contributed by atoms with Crippen LogP contribution in [0.1, 0.15) is 0 Å². The second kappa shape index (κ2) is 9.62. The summed E-state index contributed by atoms with van der Waals surface area (Å²) in [5.74, 6) is 1.21. The van der Waals surface area contributed by atoms with Gasteiger partial charge in [-0.2, -0.15) is 0 Å². The Bertz CT molecular complexity index is 1210. The fraction of sp³-hybridized carbons (Fsp3) is 0.263. The van der Waals surface area contributed by atoms with Crippen LogP contribution in [-0.2, 0) is 10.0 Å². The average Bonchev–Trinajstić information content (AvgIpc) is 2.71. The van der Waals surface area contributed by atoms with Gasteiger partial charge in [-0.3, -0.25) is 0 Å². The SMILES string of the molecule is COc1cc(OC)c(Cl)c(-c2cc3cnc(Cl)cc3c(NCCNS(C)(=O)=O)n2)c1Cl. The lowest BCUT2D eigenvalue weighted by Crippen LogP contribution is -2.27. The highest BCUT2D eigenvalue weighted by Gasteiger charge is 2.21. The summed E-state index contributed by atoms with van der Waals surface area (Å²) in [6.07, 6.45) is 2.69. The number of hydrogen-bond donors (Lipinski definition) is 2. The van der Waals surface area contributed by atoms with E-state index < -0.39 is 10.0 Å². The molecule has 3 rings (SSSR count). The van der Waals surface area contributed by atoms with Crippen molar-refractivity contribution in [1.29, 1.82) is 0 Å². The Morgan fingerprint density at radius 2 is 1.65 bits per heavy atom. The zero-order valence-corrected chi connectivity index (χ0v) is 19.9. The van der Waals surface area contributed by atoms with Gasteiger partial charge in [0.2, 0.25) is 10.0 Å². The molecule has 31 heavy (non-hydrogen) atoms. The number of pyridine rings is 2. The molecule has 8 nitrogen and oxygen atoms in total. The quantitative estimate of drug-likeness (QED) is 0.349. The Labute approximate surface area is 194 Å². The molecule has 0 unspecified atom stereocenters. The predicted molar refractivity (Wildman–Crippen MR) is 124 cm³/mol. The molecule has 2 N–H and O–H groups in total. The van der Waals surface area contributed by atoms with E-state index in [9.17, 15) is 8.42 Å². The smallest absolute Gasteiger partial charge is 0.208 e. The molecule has 0 saturated carbocycles. The molecule has 0 saturated heterocycles. The minimum Gasteiger partial charge on any atom is -0.495 e. The van der Waals surface area contributed by atoms with E-state index in [-0.39, 0.29) is 23.1 Å². The van der Waals surface area contributed by atoms with Crippen LogP contribution < -0.4 is 19.5 Å². The van der Waals surface area contributed by atoms with Crippen LogP contribution in [0.3, 0.4) is 0 Å². The number of sulfonamides is 1. The number of fused-ring (bicyclic) bond motifs is 1. The molecule has 0 aliphatic rings. The predicted octanol–water partition coefficient (Wildman–Crippen LogP) is 4.24. The van der Waals surface area contributed by atoms with Crippen molar-refractivity contribution in [3.05, 3.63) is 39.6 Å². The van der Waals surface area contributed by atoms with Gasteiger partial charge in [-0.1, -0.05) is 34.8 Å². The third-order valence-corrected chi connectivity index (χ3v) is 5.98. The van der Waals surface area contributed by atoms with Crippen LogP contribution in [0.25, 0.3) is 22.0 Å². The zero-order valence-electron chi connectivity index (χ0n) is 16.8. The van der Waals surface area contributed by atoms with Gasteiger partial charge in [0.15, 0.2) is 0 Å². The van der Waals surface area contributed by atoms with Gasteiger partial charge < -0.3 is 14.8 Å². The maximum atomic E-state index is 11.3. The average molecular weight is 506 g/mol. The fourth-order valence-electron chi connectivity index (χ4n) is 2.91. The maximum Gasteiger partial charge on any atom is 0.208 e. The van der Waals surface area contributed by atoms with Crippen molar-refractivity contribution in [2.45, 2.75) is 0 Å². The number of rotatable bonds is 8. The second-order valence-electron chi connectivity index (χ2n) is 6.46. The molecule has 0 spiro atoms. The van der Waals surface area contributed by atoms with E-state index in [1.54, 1.807) is 24.4 Å². The molecule has 2 heterocycles. The van der Waals surface area contributed by atoms with Crippen molar-refractivity contribution in [1.82, 2.24) is 14.7 Å². The highest BCUT2D eigenvalue weighted by molar-refractivity contribution is 7.88. The first kappa shape index (κ1) is 23.6. The van der Waals surface area contributed by atoms with Crippen molar-refractivity contribution < 1.29 is 17.9 Å². The topological polar surface area (TPSA) is 102 Å². The molecule has 2 aromatic heterocycles. The Kier molecular flexibility index (Phi) is 7.33. The summed E-state index contributed by atoms with van der Waals surface area (Å²) in [6, 6.07) is 5.02. The van der Waals surface area contributed by atoms with Crippen molar-refractivity contribution in [2.24, 2.45) is 0 Å². The minimum atomic E-state index is -3.31. The van der Waals surface area contributed by atoms with Crippen LogP contribution >= 0.6 is 34.8 Å². The molecule has 0 atom stereocenters. The normalized spacial score (nSPS) is 11.5. The number of aromatic nitrogens is 2. The summed E-state index contributed by atoms with van der Waals surface area (Å²) < 4.78 is 35.7. The molecule has 0 amide bonds. The minimum absolute atomic E-state index is 0.166. The number of halogens is 3. The van der Waals surface area contributed by atoms with Gasteiger partial charge in [0, 0.05) is 41.7 Å². The van der Waals surface area contributed by atoms with Gasteiger partial charge in [0.1, 0.15) is 22.5 Å². The van der Waals surface area contributed by atoms with Gasteiger partial charge in [0.05, 0.1) is 36.2 Å². The Morgan fingerprint density at radius 1 is 1.00 bits per heavy atom. The monoisotopic (exact) mass is 504 g/mol. The third kappa shape index (κ3) is 5.42. The largest absolute Gasteiger partial charge is 0.495 e. The standard InChI is InChI=1S/C19H19Cl3N4O4S/c1-29-13-8-14(30-2)18(22)16(17(13)21)12-6-10-9-24-15(20)7-11(10)19(26-12)23-4-5-25-31(3,27)28/h6-9,25H,4-5H2,1-3H3,(H,23,26). The van der Waals surface area contributed by atoms with Crippen LogP contribution in [-0.4, -0.2) is 52.0 Å². The molecule has 166 valence electrons. The molecular formula is C19H19Cl3N4O4S. The van der Waals surface area contributed by atoms with E-state index in [2.05, 4.69) is 20.0 Å². The highest BCUT2D eigenvalue weighted by Crippen LogP contribution is 2.46. The van der Waals surface area contributed by atoms with Crippen molar-refractivity contribution in [3.8, 4) is 22.8 Å². The number of anilines is 1. The van der Waals surface area contributed by atoms with Gasteiger partial charge >= 0.3 is 0 Å². The van der Waals surface area contributed by atoms with E-state index in [0.717, 1.165) is 11.6 Å². The molecule has 0 bridgehead atoms. The van der Waals surface area contributed by atoms with Crippen LogP contribution in [0.5, 0.6) is 11.5 Å². The van der Waals surface area contributed by atoms with E-state index in [1.165, 1.54) is 14.2 Å². The molecular weight excluding hydrogens is 487 g/mol. The lowest BCUT2D eigenvalue weighted by atomic mass is 10.1. The van der Waals surface area contributed by atoms with E-state index in [0.29, 0.717) is 39.1 Å². The van der Waals surface area contributed by atoms with E-state index in [4.69, 9.17) is 44.3 Å². The molecule has 12 heteroatoms. The van der Waals surface area contributed by atoms with E-state index in [1.807, 2.05) is 0 Å². The zero-order chi connectivity index (χ0) is 22.8. The van der Waals surface area contributed by atoms with Crippen LogP contribution in [0.15, 0.2) is 24.4 Å². The molecule has 0 aliphatic heterocycles. The first-order valence-corrected chi connectivity index (χ1v) is 11.9. The maximum absolute atomic E-state index is 11.3. The first-order chi connectivity index (χ1) is 14.6. The van der Waals surface area contributed by atoms with Crippen molar-refractivity contribution in [3.63, 3.8) is 0 Å². The Hall–Kier alpha value is -2.04. The third-order valence-electron chi connectivity index (χ3n) is 4.29. The highest BCUT2D eigenvalue weighted by atomic mass is 35.5. The molecule has 0 aliphatic carbocycles. The van der Waals surface area contributed by atoms with Crippen LogP contribution in [0.2, 0.25) is 15.2 Å². The summed E-state index contributed by atoms with van der Waals surface area (Å²) in [5.41, 5.74) is 0.871.